The average molecular weight is 279 g/mol. The minimum Gasteiger partial charge on any atom is -0.376 e. The van der Waals surface area contributed by atoms with Crippen LogP contribution in [0.3, 0.4) is 0 Å². The summed E-state index contributed by atoms with van der Waals surface area (Å²) < 4.78 is 0. The van der Waals surface area contributed by atoms with Gasteiger partial charge in [-0.25, -0.2) is 4.98 Å². The maximum absolute atomic E-state index is 11.1. The van der Waals surface area contributed by atoms with Crippen molar-refractivity contribution in [3.8, 4) is 11.5 Å². The van der Waals surface area contributed by atoms with Crippen molar-refractivity contribution in [2.75, 3.05) is 0 Å². The molecule has 0 saturated heterocycles. The molecule has 1 heterocycles. The molecule has 106 valence electrons. The Kier molecular flexibility index (Phi) is 4.28. The number of aromatic amines is 1. The van der Waals surface area contributed by atoms with Crippen molar-refractivity contribution in [1.82, 2.24) is 15.2 Å². The summed E-state index contributed by atoms with van der Waals surface area (Å²) in [5, 5.41) is 17.8. The van der Waals surface area contributed by atoms with Gasteiger partial charge in [-0.05, 0) is 0 Å². The minimum atomic E-state index is -1.54. The fourth-order valence-corrected chi connectivity index (χ4v) is 2.42. The van der Waals surface area contributed by atoms with E-state index in [9.17, 15) is 5.11 Å². The number of aliphatic hydroxyl groups is 1. The van der Waals surface area contributed by atoms with E-state index in [-0.39, 0.29) is 11.3 Å². The van der Waals surface area contributed by atoms with Gasteiger partial charge in [-0.1, -0.05) is 53.3 Å². The first-order valence-electron chi connectivity index (χ1n) is 6.59. The molecular formula is C14H25N3OSi. The first kappa shape index (κ1) is 15.9. The maximum atomic E-state index is 11.1. The van der Waals surface area contributed by atoms with Gasteiger partial charge in [0.15, 0.2) is 0 Å². The Morgan fingerprint density at radius 3 is 2.26 bits per heavy atom. The van der Waals surface area contributed by atoms with Crippen LogP contribution in [0.5, 0.6) is 0 Å². The summed E-state index contributed by atoms with van der Waals surface area (Å²) in [7, 11) is -1.54. The molecule has 1 aromatic heterocycles. The fraction of sp³-hybridized carbons (Fsp3) is 0.714. The molecule has 0 fully saturated rings. The second kappa shape index (κ2) is 5.10. The van der Waals surface area contributed by atoms with Crippen LogP contribution < -0.4 is 0 Å². The number of nitrogens with one attached hydrogen (secondary N) is 1. The normalized spacial score (nSPS) is 17.3. The van der Waals surface area contributed by atoms with Crippen LogP contribution in [0.4, 0.5) is 0 Å². The number of aromatic nitrogens is 3. The first-order chi connectivity index (χ1) is 8.47. The van der Waals surface area contributed by atoms with Crippen LogP contribution in [0.25, 0.3) is 0 Å². The molecule has 0 aliphatic carbocycles. The fourth-order valence-electron chi connectivity index (χ4n) is 1.85. The zero-order valence-corrected chi connectivity index (χ0v) is 14.0. The lowest BCUT2D eigenvalue weighted by atomic mass is 9.69. The van der Waals surface area contributed by atoms with Crippen molar-refractivity contribution in [3.05, 3.63) is 12.2 Å². The zero-order valence-electron chi connectivity index (χ0n) is 13.0. The summed E-state index contributed by atoms with van der Waals surface area (Å²) in [6.07, 6.45) is 1.46. The Hall–Kier alpha value is -1.12. The van der Waals surface area contributed by atoms with Gasteiger partial charge < -0.3 is 5.11 Å². The molecular weight excluding hydrogens is 254 g/mol. The number of rotatable bonds is 2. The van der Waals surface area contributed by atoms with E-state index in [1.807, 2.05) is 27.7 Å². The van der Waals surface area contributed by atoms with Crippen molar-refractivity contribution in [1.29, 1.82) is 0 Å². The highest BCUT2D eigenvalue weighted by Gasteiger charge is 2.45. The van der Waals surface area contributed by atoms with Crippen molar-refractivity contribution < 1.29 is 5.11 Å². The smallest absolute Gasteiger partial charge is 0.139 e. The molecule has 0 aliphatic heterocycles. The molecule has 0 amide bonds. The zero-order chi connectivity index (χ0) is 14.9. The van der Waals surface area contributed by atoms with Gasteiger partial charge in [0.25, 0.3) is 0 Å². The second-order valence-corrected chi connectivity index (χ2v) is 11.9. The van der Waals surface area contributed by atoms with Crippen molar-refractivity contribution in [2.45, 2.75) is 58.9 Å². The molecule has 0 bridgehead atoms. The van der Waals surface area contributed by atoms with Crippen LogP contribution in [0.2, 0.25) is 19.6 Å². The molecule has 0 radical (unpaired) electrons. The van der Waals surface area contributed by atoms with E-state index in [1.165, 1.54) is 6.33 Å². The van der Waals surface area contributed by atoms with Crippen LogP contribution in [0.1, 0.15) is 39.4 Å². The number of hydrogen-bond donors (Lipinski definition) is 2. The predicted octanol–water partition coefficient (Wildman–Crippen LogP) is 2.57. The summed E-state index contributed by atoms with van der Waals surface area (Å²) in [5.41, 5.74) is 1.79. The van der Waals surface area contributed by atoms with Gasteiger partial charge in [-0.2, -0.15) is 5.10 Å². The second-order valence-electron chi connectivity index (χ2n) is 7.11. The Morgan fingerprint density at radius 2 is 1.89 bits per heavy atom. The van der Waals surface area contributed by atoms with Crippen LogP contribution in [0, 0.1) is 16.9 Å². The quantitative estimate of drug-likeness (QED) is 0.646. The van der Waals surface area contributed by atoms with E-state index in [4.69, 9.17) is 0 Å². The number of nitrogens with zero attached hydrogens (tertiary/aromatic N) is 2. The van der Waals surface area contributed by atoms with E-state index >= 15 is 0 Å². The first-order valence-corrected chi connectivity index (χ1v) is 10.1. The topological polar surface area (TPSA) is 61.8 Å². The molecule has 2 N–H and O–H groups in total. The largest absolute Gasteiger partial charge is 0.376 e. The van der Waals surface area contributed by atoms with E-state index in [0.29, 0.717) is 5.82 Å². The molecule has 0 aliphatic rings. The van der Waals surface area contributed by atoms with E-state index in [0.717, 1.165) is 0 Å². The highest BCUT2D eigenvalue weighted by molar-refractivity contribution is 6.83. The Morgan fingerprint density at radius 1 is 1.32 bits per heavy atom. The summed E-state index contributed by atoms with van der Waals surface area (Å²) in [6.45, 7) is 14.4. The van der Waals surface area contributed by atoms with Gasteiger partial charge >= 0.3 is 0 Å². The minimum absolute atomic E-state index is 0.223. The number of H-pyrrole nitrogens is 1. The molecule has 2 atom stereocenters. The molecule has 4 nitrogen and oxygen atoms in total. The van der Waals surface area contributed by atoms with Gasteiger partial charge in [-0.15, -0.1) is 5.54 Å². The van der Waals surface area contributed by atoms with Crippen LogP contribution in [0.15, 0.2) is 6.33 Å². The third kappa shape index (κ3) is 3.68. The Balaban J connectivity index is 3.25. The van der Waals surface area contributed by atoms with Gasteiger partial charge in [0.05, 0.1) is 5.92 Å². The molecule has 5 heteroatoms. The third-order valence-corrected chi connectivity index (χ3v) is 4.12. The standard InChI is InChI=1S/C14H25N3OSi/c1-11(12-15-10-16-17-12)14(18,13(2,3)4)8-9-19(5,6)7/h10-11,18H,1-7H3,(H,15,16,17). The van der Waals surface area contributed by atoms with Crippen molar-refractivity contribution in [3.63, 3.8) is 0 Å². The van der Waals surface area contributed by atoms with E-state index in [1.54, 1.807) is 0 Å². The SMILES string of the molecule is CC(c1ncn[nH]1)C(O)(C#C[Si](C)(C)C)C(C)(C)C. The predicted molar refractivity (Wildman–Crippen MR) is 80.3 cm³/mol. The van der Waals surface area contributed by atoms with E-state index < -0.39 is 13.7 Å². The molecule has 0 aromatic carbocycles. The van der Waals surface area contributed by atoms with Gasteiger partial charge in [0.2, 0.25) is 0 Å². The van der Waals surface area contributed by atoms with Crippen LogP contribution >= 0.6 is 0 Å². The Labute approximate surface area is 117 Å². The highest BCUT2D eigenvalue weighted by Crippen LogP contribution is 2.40. The summed E-state index contributed by atoms with van der Waals surface area (Å²) in [4.78, 5) is 4.16. The molecule has 19 heavy (non-hydrogen) atoms. The lowest BCUT2D eigenvalue weighted by Gasteiger charge is -2.40. The maximum Gasteiger partial charge on any atom is 0.139 e. The van der Waals surface area contributed by atoms with Crippen LogP contribution in [-0.4, -0.2) is 34.0 Å². The third-order valence-electron chi connectivity index (χ3n) is 3.24. The summed E-state index contributed by atoms with van der Waals surface area (Å²) in [6, 6.07) is 0. The lowest BCUT2D eigenvalue weighted by molar-refractivity contribution is -0.0258. The van der Waals surface area contributed by atoms with Crippen molar-refractivity contribution >= 4 is 8.07 Å². The monoisotopic (exact) mass is 279 g/mol. The van der Waals surface area contributed by atoms with Gasteiger partial charge in [-0.3, -0.25) is 5.10 Å². The average Bonchev–Trinajstić information content (AvgIpc) is 2.75. The molecule has 0 saturated carbocycles. The van der Waals surface area contributed by atoms with Gasteiger partial charge in [0, 0.05) is 5.41 Å². The summed E-state index contributed by atoms with van der Waals surface area (Å²) in [5.74, 6) is 3.59. The summed E-state index contributed by atoms with van der Waals surface area (Å²) >= 11 is 0. The molecule has 1 aromatic rings. The molecule has 1 rings (SSSR count). The van der Waals surface area contributed by atoms with Crippen LogP contribution in [-0.2, 0) is 0 Å². The lowest BCUT2D eigenvalue weighted by Crippen LogP contribution is -2.46. The van der Waals surface area contributed by atoms with E-state index in [2.05, 4.69) is 46.3 Å². The molecule has 0 spiro atoms. The number of hydrogen-bond acceptors (Lipinski definition) is 3. The highest BCUT2D eigenvalue weighted by atomic mass is 28.3. The van der Waals surface area contributed by atoms with Crippen molar-refractivity contribution in [2.24, 2.45) is 5.41 Å². The Bertz CT molecular complexity index is 474. The van der Waals surface area contributed by atoms with Gasteiger partial charge in [0.1, 0.15) is 25.8 Å². The molecule has 2 unspecified atom stereocenters.